The average Bonchev–Trinajstić information content (AvgIpc) is 2.48. The summed E-state index contributed by atoms with van der Waals surface area (Å²) in [4.78, 5) is 12.5. The fourth-order valence-corrected chi connectivity index (χ4v) is 3.04. The number of sulfone groups is 1. The SMILES string of the molecule is CS(=O)(=O)c1ccc(C(=O)Nc2ccccc2SC(F)F)cc1. The molecular weight excluding hydrogens is 344 g/mol. The van der Waals surface area contributed by atoms with Crippen LogP contribution >= 0.6 is 11.8 Å². The molecule has 0 atom stereocenters. The number of alkyl halides is 2. The van der Waals surface area contributed by atoms with E-state index in [9.17, 15) is 22.0 Å². The number of para-hydroxylation sites is 1. The van der Waals surface area contributed by atoms with E-state index in [1.807, 2.05) is 0 Å². The number of halogens is 2. The van der Waals surface area contributed by atoms with E-state index in [2.05, 4.69) is 5.32 Å². The third-order valence-electron chi connectivity index (χ3n) is 2.90. The quantitative estimate of drug-likeness (QED) is 0.830. The van der Waals surface area contributed by atoms with Crippen LogP contribution in [0.1, 0.15) is 10.4 Å². The second kappa shape index (κ2) is 7.10. The maximum absolute atomic E-state index is 12.5. The van der Waals surface area contributed by atoms with Crippen LogP contribution in [0.2, 0.25) is 0 Å². The van der Waals surface area contributed by atoms with Crippen LogP contribution in [0.15, 0.2) is 58.3 Å². The summed E-state index contributed by atoms with van der Waals surface area (Å²) in [5.41, 5.74) is 0.504. The molecule has 0 spiro atoms. The molecule has 2 rings (SSSR count). The molecule has 0 aromatic heterocycles. The highest BCUT2D eigenvalue weighted by Gasteiger charge is 2.14. The molecule has 0 aliphatic rings. The molecule has 2 aromatic carbocycles. The molecule has 122 valence electrons. The molecular formula is C15H13F2NO3S2. The number of anilines is 1. The fraction of sp³-hybridized carbons (Fsp3) is 0.133. The first-order valence-corrected chi connectivity index (χ1v) is 9.20. The molecule has 0 aliphatic heterocycles. The average molecular weight is 357 g/mol. The lowest BCUT2D eigenvalue weighted by Gasteiger charge is -2.10. The van der Waals surface area contributed by atoms with Gasteiger partial charge in [0, 0.05) is 16.7 Å². The highest BCUT2D eigenvalue weighted by molar-refractivity contribution is 7.99. The molecule has 0 heterocycles. The zero-order valence-corrected chi connectivity index (χ0v) is 13.6. The largest absolute Gasteiger partial charge is 0.321 e. The Labute approximate surface area is 136 Å². The molecule has 1 N–H and O–H groups in total. The van der Waals surface area contributed by atoms with Gasteiger partial charge in [0.1, 0.15) is 0 Å². The molecule has 0 radical (unpaired) electrons. The summed E-state index contributed by atoms with van der Waals surface area (Å²) >= 11 is 0.341. The van der Waals surface area contributed by atoms with Gasteiger partial charge in [-0.25, -0.2) is 8.42 Å². The number of carbonyl (C=O) groups is 1. The van der Waals surface area contributed by atoms with E-state index in [0.717, 1.165) is 6.26 Å². The van der Waals surface area contributed by atoms with E-state index in [0.29, 0.717) is 11.8 Å². The summed E-state index contributed by atoms with van der Waals surface area (Å²) in [7, 11) is -3.34. The van der Waals surface area contributed by atoms with Crippen molar-refractivity contribution in [1.29, 1.82) is 0 Å². The molecule has 4 nitrogen and oxygen atoms in total. The Balaban J connectivity index is 2.20. The lowest BCUT2D eigenvalue weighted by Crippen LogP contribution is -2.13. The highest BCUT2D eigenvalue weighted by atomic mass is 32.2. The van der Waals surface area contributed by atoms with Gasteiger partial charge in [0.25, 0.3) is 11.7 Å². The number of hydrogen-bond donors (Lipinski definition) is 1. The van der Waals surface area contributed by atoms with Crippen LogP contribution in [0.4, 0.5) is 14.5 Å². The predicted molar refractivity (Wildman–Crippen MR) is 85.8 cm³/mol. The van der Waals surface area contributed by atoms with E-state index >= 15 is 0 Å². The molecule has 2 aromatic rings. The minimum atomic E-state index is -3.34. The minimum Gasteiger partial charge on any atom is -0.321 e. The van der Waals surface area contributed by atoms with Crippen molar-refractivity contribution in [3.8, 4) is 0 Å². The van der Waals surface area contributed by atoms with Gasteiger partial charge in [-0.05, 0) is 36.4 Å². The Kier molecular flexibility index (Phi) is 5.38. The topological polar surface area (TPSA) is 63.2 Å². The highest BCUT2D eigenvalue weighted by Crippen LogP contribution is 2.31. The lowest BCUT2D eigenvalue weighted by atomic mass is 10.2. The van der Waals surface area contributed by atoms with Gasteiger partial charge in [-0.2, -0.15) is 8.78 Å². The first-order valence-electron chi connectivity index (χ1n) is 6.42. The summed E-state index contributed by atoms with van der Waals surface area (Å²) in [6.07, 6.45) is 1.07. The Morgan fingerprint density at radius 2 is 1.70 bits per heavy atom. The maximum atomic E-state index is 12.5. The van der Waals surface area contributed by atoms with Crippen molar-refractivity contribution in [2.45, 2.75) is 15.5 Å². The molecule has 0 fully saturated rings. The van der Waals surface area contributed by atoms with Crippen LogP contribution in [0.3, 0.4) is 0 Å². The van der Waals surface area contributed by atoms with Crippen LogP contribution in [0, 0.1) is 0 Å². The number of rotatable bonds is 5. The van der Waals surface area contributed by atoms with Gasteiger partial charge in [0.05, 0.1) is 10.6 Å². The van der Waals surface area contributed by atoms with Crippen molar-refractivity contribution in [2.75, 3.05) is 11.6 Å². The normalized spacial score (nSPS) is 11.5. The van der Waals surface area contributed by atoms with Gasteiger partial charge in [-0.3, -0.25) is 4.79 Å². The molecule has 8 heteroatoms. The smallest absolute Gasteiger partial charge is 0.288 e. The van der Waals surface area contributed by atoms with Crippen LogP contribution in [0.5, 0.6) is 0 Å². The lowest BCUT2D eigenvalue weighted by molar-refractivity contribution is 0.102. The van der Waals surface area contributed by atoms with E-state index in [-0.39, 0.29) is 21.0 Å². The molecule has 23 heavy (non-hydrogen) atoms. The summed E-state index contributed by atoms with van der Waals surface area (Å²) < 4.78 is 47.8. The molecule has 0 saturated heterocycles. The predicted octanol–water partition coefficient (Wildman–Crippen LogP) is 3.66. The first-order chi connectivity index (χ1) is 10.8. The third kappa shape index (κ3) is 4.77. The van der Waals surface area contributed by atoms with Gasteiger partial charge < -0.3 is 5.32 Å². The van der Waals surface area contributed by atoms with E-state index in [4.69, 9.17) is 0 Å². The van der Waals surface area contributed by atoms with Gasteiger partial charge >= 0.3 is 0 Å². The summed E-state index contributed by atoms with van der Waals surface area (Å²) in [6.45, 7) is 0. The van der Waals surface area contributed by atoms with Crippen molar-refractivity contribution in [1.82, 2.24) is 0 Å². The maximum Gasteiger partial charge on any atom is 0.288 e. The van der Waals surface area contributed by atoms with Crippen molar-refractivity contribution < 1.29 is 22.0 Å². The molecule has 0 aliphatic carbocycles. The van der Waals surface area contributed by atoms with Crippen LogP contribution < -0.4 is 5.32 Å². The number of carbonyl (C=O) groups excluding carboxylic acids is 1. The zero-order chi connectivity index (χ0) is 17.0. The molecule has 0 unspecified atom stereocenters. The number of nitrogens with one attached hydrogen (secondary N) is 1. The van der Waals surface area contributed by atoms with Crippen molar-refractivity contribution >= 4 is 33.2 Å². The van der Waals surface area contributed by atoms with Gasteiger partial charge in [0.2, 0.25) is 0 Å². The van der Waals surface area contributed by atoms with E-state index in [1.165, 1.54) is 36.4 Å². The van der Waals surface area contributed by atoms with Crippen molar-refractivity contribution in [3.63, 3.8) is 0 Å². The first kappa shape index (κ1) is 17.4. The van der Waals surface area contributed by atoms with E-state index in [1.54, 1.807) is 12.1 Å². The standard InChI is InChI=1S/C15H13F2NO3S2/c1-23(20,21)11-8-6-10(7-9-11)14(19)18-12-4-2-3-5-13(12)22-15(16)17/h2-9,15H,1H3,(H,18,19). The Hall–Kier alpha value is -1.93. The van der Waals surface area contributed by atoms with Crippen LogP contribution in [0.25, 0.3) is 0 Å². The number of thioether (sulfide) groups is 1. The third-order valence-corrected chi connectivity index (χ3v) is 4.81. The fourth-order valence-electron chi connectivity index (χ4n) is 1.82. The second-order valence-electron chi connectivity index (χ2n) is 4.63. The van der Waals surface area contributed by atoms with Crippen molar-refractivity contribution in [2.24, 2.45) is 0 Å². The summed E-state index contributed by atoms with van der Waals surface area (Å²) in [5, 5.41) is 2.55. The Morgan fingerprint density at radius 1 is 1.09 bits per heavy atom. The second-order valence-corrected chi connectivity index (χ2v) is 7.67. The number of hydrogen-bond acceptors (Lipinski definition) is 4. The van der Waals surface area contributed by atoms with E-state index < -0.39 is 21.5 Å². The molecule has 0 saturated carbocycles. The summed E-state index contributed by atoms with van der Waals surface area (Å²) in [6, 6.07) is 11.6. The molecule has 0 bridgehead atoms. The van der Waals surface area contributed by atoms with Crippen LogP contribution in [-0.2, 0) is 9.84 Å². The number of amides is 1. The van der Waals surface area contributed by atoms with Gasteiger partial charge in [-0.15, -0.1) is 0 Å². The van der Waals surface area contributed by atoms with Gasteiger partial charge in [0.15, 0.2) is 9.84 Å². The van der Waals surface area contributed by atoms with Gasteiger partial charge in [-0.1, -0.05) is 23.9 Å². The summed E-state index contributed by atoms with van der Waals surface area (Å²) in [5.74, 6) is -3.10. The number of benzene rings is 2. The Morgan fingerprint density at radius 3 is 2.26 bits per heavy atom. The molecule has 1 amide bonds. The Bertz CT molecular complexity index is 806. The van der Waals surface area contributed by atoms with Crippen LogP contribution in [-0.4, -0.2) is 26.3 Å². The van der Waals surface area contributed by atoms with Crippen molar-refractivity contribution in [3.05, 3.63) is 54.1 Å². The minimum absolute atomic E-state index is 0.0997. The zero-order valence-electron chi connectivity index (χ0n) is 12.0. The monoisotopic (exact) mass is 357 g/mol.